The minimum Gasteiger partial charge on any atom is -0.477 e. The zero-order valence-electron chi connectivity index (χ0n) is 11.0. The van der Waals surface area contributed by atoms with E-state index in [1.54, 1.807) is 0 Å². The summed E-state index contributed by atoms with van der Waals surface area (Å²) in [5.41, 5.74) is -0.901. The van der Waals surface area contributed by atoms with Gasteiger partial charge in [-0.2, -0.15) is 0 Å². The maximum atomic E-state index is 11.6. The molecule has 0 saturated heterocycles. The lowest BCUT2D eigenvalue weighted by Crippen LogP contribution is -2.29. The lowest BCUT2D eigenvalue weighted by atomic mass is 10.1. The van der Waals surface area contributed by atoms with Crippen molar-refractivity contribution in [1.29, 1.82) is 0 Å². The second-order valence-corrected chi connectivity index (χ2v) is 4.73. The topological polar surface area (TPSA) is 88.4 Å². The largest absolute Gasteiger partial charge is 0.477 e. The Kier molecular flexibility index (Phi) is 5.29. The first-order chi connectivity index (χ1) is 8.90. The molecule has 0 aliphatic heterocycles. The van der Waals surface area contributed by atoms with Crippen molar-refractivity contribution in [3.8, 4) is 0 Å². The van der Waals surface area contributed by atoms with Gasteiger partial charge in [-0.1, -0.05) is 13.8 Å². The van der Waals surface area contributed by atoms with Gasteiger partial charge in [-0.3, -0.25) is 9.59 Å². The fourth-order valence-electron chi connectivity index (χ4n) is 1.51. The van der Waals surface area contributed by atoms with Gasteiger partial charge in [-0.15, -0.1) is 0 Å². The molecule has 1 rings (SSSR count). The maximum Gasteiger partial charge on any atom is 0.341 e. The first-order valence-electron chi connectivity index (χ1n) is 6.10. The third kappa shape index (κ3) is 4.95. The molecular weight excluding hydrogens is 248 g/mol. The lowest BCUT2D eigenvalue weighted by molar-refractivity contribution is -0.121. The Balaban J connectivity index is 2.62. The van der Waals surface area contributed by atoms with E-state index in [1.165, 1.54) is 17.0 Å². The van der Waals surface area contributed by atoms with Crippen LogP contribution in [0.25, 0.3) is 0 Å². The van der Waals surface area contributed by atoms with Crippen LogP contribution in [0.4, 0.5) is 0 Å². The molecule has 0 bridgehead atoms. The van der Waals surface area contributed by atoms with E-state index in [-0.39, 0.29) is 18.0 Å². The van der Waals surface area contributed by atoms with E-state index in [0.717, 1.165) is 12.5 Å². The molecule has 104 valence electrons. The minimum absolute atomic E-state index is 0.00133. The summed E-state index contributed by atoms with van der Waals surface area (Å²) < 4.78 is 1.38. The van der Waals surface area contributed by atoms with Gasteiger partial charge in [-0.05, 0) is 12.3 Å². The number of carboxylic acids is 1. The number of nitrogens with zero attached hydrogens (tertiary/aromatic N) is 1. The first-order valence-corrected chi connectivity index (χ1v) is 6.10. The van der Waals surface area contributed by atoms with E-state index >= 15 is 0 Å². The van der Waals surface area contributed by atoms with Crippen LogP contribution in [0.1, 0.15) is 30.6 Å². The number of aromatic carboxylic acids is 1. The molecule has 2 N–H and O–H groups in total. The molecule has 1 amide bonds. The zero-order chi connectivity index (χ0) is 14.4. The van der Waals surface area contributed by atoms with E-state index in [4.69, 9.17) is 5.11 Å². The predicted octanol–water partition coefficient (Wildman–Crippen LogP) is 0.709. The number of aromatic nitrogens is 1. The number of nitrogens with one attached hydrogen (secondary N) is 1. The van der Waals surface area contributed by atoms with Gasteiger partial charge in [-0.25, -0.2) is 4.79 Å². The SMILES string of the molecule is CC(C)CCNC(=O)Cn1ccc(=O)c(C(=O)O)c1. The van der Waals surface area contributed by atoms with E-state index < -0.39 is 11.4 Å². The molecule has 6 nitrogen and oxygen atoms in total. The highest BCUT2D eigenvalue weighted by atomic mass is 16.4. The zero-order valence-corrected chi connectivity index (χ0v) is 11.0. The van der Waals surface area contributed by atoms with E-state index in [0.29, 0.717) is 12.5 Å². The predicted molar refractivity (Wildman–Crippen MR) is 70.1 cm³/mol. The van der Waals surface area contributed by atoms with Gasteiger partial charge in [0.25, 0.3) is 0 Å². The van der Waals surface area contributed by atoms with Crippen LogP contribution in [0.2, 0.25) is 0 Å². The van der Waals surface area contributed by atoms with E-state index in [9.17, 15) is 14.4 Å². The molecule has 0 aliphatic carbocycles. The Hall–Kier alpha value is -2.11. The van der Waals surface area contributed by atoms with Crippen molar-refractivity contribution < 1.29 is 14.7 Å². The first kappa shape index (κ1) is 14.9. The number of pyridine rings is 1. The summed E-state index contributed by atoms with van der Waals surface area (Å²) in [6, 6.07) is 1.14. The molecule has 0 fully saturated rings. The van der Waals surface area contributed by atoms with Gasteiger partial charge >= 0.3 is 5.97 Å². The third-order valence-electron chi connectivity index (χ3n) is 2.58. The summed E-state index contributed by atoms with van der Waals surface area (Å²) in [5, 5.41) is 11.6. The molecule has 1 aromatic rings. The molecule has 0 radical (unpaired) electrons. The molecule has 1 aromatic heterocycles. The van der Waals surface area contributed by atoms with Crippen molar-refractivity contribution in [1.82, 2.24) is 9.88 Å². The fraction of sp³-hybridized carbons (Fsp3) is 0.462. The van der Waals surface area contributed by atoms with Crippen LogP contribution in [-0.2, 0) is 11.3 Å². The number of hydrogen-bond acceptors (Lipinski definition) is 3. The molecular formula is C13H18N2O4. The van der Waals surface area contributed by atoms with Crippen LogP contribution >= 0.6 is 0 Å². The minimum atomic E-state index is -1.29. The molecule has 6 heteroatoms. The summed E-state index contributed by atoms with van der Waals surface area (Å²) in [4.78, 5) is 33.6. The molecule has 0 atom stereocenters. The average molecular weight is 266 g/mol. The standard InChI is InChI=1S/C13H18N2O4/c1-9(2)3-5-14-12(17)8-15-6-4-11(16)10(7-15)13(18)19/h4,6-7,9H,3,5,8H2,1-2H3,(H,14,17)(H,18,19). The van der Waals surface area contributed by atoms with Crippen molar-refractivity contribution in [2.75, 3.05) is 6.54 Å². The summed E-state index contributed by atoms with van der Waals surface area (Å²) in [6.07, 6.45) is 3.46. The van der Waals surface area contributed by atoms with Crippen LogP contribution in [0.3, 0.4) is 0 Å². The highest BCUT2D eigenvalue weighted by Crippen LogP contribution is 1.97. The Morgan fingerprint density at radius 2 is 2.11 bits per heavy atom. The maximum absolute atomic E-state index is 11.6. The Labute approximate surface area is 111 Å². The van der Waals surface area contributed by atoms with Gasteiger partial charge in [0.15, 0.2) is 5.43 Å². The highest BCUT2D eigenvalue weighted by Gasteiger charge is 2.09. The molecule has 0 saturated carbocycles. The van der Waals surface area contributed by atoms with Gasteiger partial charge in [0.05, 0.1) is 0 Å². The molecule has 19 heavy (non-hydrogen) atoms. The van der Waals surface area contributed by atoms with Crippen LogP contribution in [0, 0.1) is 5.92 Å². The second kappa shape index (κ2) is 6.72. The summed E-state index contributed by atoms with van der Waals surface area (Å²) in [5.74, 6) is -0.994. The lowest BCUT2D eigenvalue weighted by Gasteiger charge is -2.09. The molecule has 0 unspecified atom stereocenters. The van der Waals surface area contributed by atoms with Crippen molar-refractivity contribution in [2.45, 2.75) is 26.8 Å². The smallest absolute Gasteiger partial charge is 0.341 e. The summed E-state index contributed by atoms with van der Waals surface area (Å²) >= 11 is 0. The third-order valence-corrected chi connectivity index (χ3v) is 2.58. The molecule has 0 aromatic carbocycles. The van der Waals surface area contributed by atoms with E-state index in [1.807, 2.05) is 0 Å². The number of hydrogen-bond donors (Lipinski definition) is 2. The van der Waals surface area contributed by atoms with Gasteiger partial charge in [0.1, 0.15) is 12.1 Å². The number of carboxylic acid groups (broad SMARTS) is 1. The summed E-state index contributed by atoms with van der Waals surface area (Å²) in [6.45, 7) is 4.71. The number of carbonyl (C=O) groups is 2. The Bertz CT molecular complexity index is 520. The average Bonchev–Trinajstić information content (AvgIpc) is 2.30. The number of amides is 1. The van der Waals surface area contributed by atoms with Crippen molar-refractivity contribution in [3.05, 3.63) is 34.2 Å². The van der Waals surface area contributed by atoms with E-state index in [2.05, 4.69) is 19.2 Å². The van der Waals surface area contributed by atoms with Crippen molar-refractivity contribution in [2.24, 2.45) is 5.92 Å². The quantitative estimate of drug-likeness (QED) is 0.793. The van der Waals surface area contributed by atoms with Crippen molar-refractivity contribution in [3.63, 3.8) is 0 Å². The van der Waals surface area contributed by atoms with Crippen molar-refractivity contribution >= 4 is 11.9 Å². The van der Waals surface area contributed by atoms with Crippen LogP contribution in [-0.4, -0.2) is 28.1 Å². The summed E-state index contributed by atoms with van der Waals surface area (Å²) in [7, 11) is 0. The van der Waals surface area contributed by atoms with Crippen LogP contribution in [0.15, 0.2) is 23.3 Å². The molecule has 0 spiro atoms. The number of carbonyl (C=O) groups excluding carboxylic acids is 1. The van der Waals surface area contributed by atoms with Gasteiger partial charge in [0.2, 0.25) is 5.91 Å². The highest BCUT2D eigenvalue weighted by molar-refractivity contribution is 5.87. The fourth-order valence-corrected chi connectivity index (χ4v) is 1.51. The Morgan fingerprint density at radius 3 is 2.68 bits per heavy atom. The van der Waals surface area contributed by atoms with Crippen LogP contribution in [0.5, 0.6) is 0 Å². The number of rotatable bonds is 6. The van der Waals surface area contributed by atoms with Crippen LogP contribution < -0.4 is 10.7 Å². The van der Waals surface area contributed by atoms with Gasteiger partial charge in [0, 0.05) is 25.0 Å². The normalized spacial score (nSPS) is 10.5. The monoisotopic (exact) mass is 266 g/mol. The molecule has 1 heterocycles. The Morgan fingerprint density at radius 1 is 1.42 bits per heavy atom. The second-order valence-electron chi connectivity index (χ2n) is 4.73. The van der Waals surface area contributed by atoms with Gasteiger partial charge < -0.3 is 15.0 Å². The molecule has 0 aliphatic rings.